The highest BCUT2D eigenvalue weighted by atomic mass is 16.5. The van der Waals surface area contributed by atoms with Crippen LogP contribution in [-0.4, -0.2) is 50.2 Å². The predicted octanol–water partition coefficient (Wildman–Crippen LogP) is 4.86. The van der Waals surface area contributed by atoms with Crippen LogP contribution in [0.5, 0.6) is 0 Å². The van der Waals surface area contributed by atoms with Crippen molar-refractivity contribution in [2.24, 2.45) is 5.92 Å². The largest absolute Gasteiger partial charge is 0.550 e. The number of nitrogens with zero attached hydrogens (tertiary/aromatic N) is 1. The minimum absolute atomic E-state index is 0.241. The van der Waals surface area contributed by atoms with Gasteiger partial charge in [0.15, 0.2) is 6.10 Å². The minimum Gasteiger partial charge on any atom is -0.550 e. The molecule has 178 valence electrons. The van der Waals surface area contributed by atoms with Gasteiger partial charge in [0.2, 0.25) is 0 Å². The lowest BCUT2D eigenvalue weighted by Crippen LogP contribution is -2.45. The Hall–Kier alpha value is -1.10. The van der Waals surface area contributed by atoms with Gasteiger partial charge in [-0.1, -0.05) is 90.9 Å². The Balaban J connectivity index is 3.78. The molecule has 5 heteroatoms. The van der Waals surface area contributed by atoms with Crippen LogP contribution >= 0.6 is 0 Å². The Morgan fingerprint density at radius 2 is 1.33 bits per heavy atom. The third kappa shape index (κ3) is 20.2. The Bertz CT molecular complexity index is 445. The Morgan fingerprint density at radius 3 is 1.80 bits per heavy atom. The van der Waals surface area contributed by atoms with Gasteiger partial charge in [0.05, 0.1) is 21.1 Å². The summed E-state index contributed by atoms with van der Waals surface area (Å²) >= 11 is 0. The van der Waals surface area contributed by atoms with E-state index in [1.807, 2.05) is 21.1 Å². The van der Waals surface area contributed by atoms with Crippen molar-refractivity contribution >= 4 is 11.9 Å². The number of ether oxygens (including phenoxy) is 1. The van der Waals surface area contributed by atoms with Crippen molar-refractivity contribution in [2.45, 2.75) is 116 Å². The first-order valence-corrected chi connectivity index (χ1v) is 12.3. The summed E-state index contributed by atoms with van der Waals surface area (Å²) in [6.45, 7) is 4.91. The van der Waals surface area contributed by atoms with E-state index >= 15 is 0 Å². The highest BCUT2D eigenvalue weighted by molar-refractivity contribution is 5.70. The SMILES string of the molecule is CCCCCCCCCCCCCC(C)CCC(=O)OC(CC(=O)[O-])C[N+](C)(C)C. The molecule has 30 heavy (non-hydrogen) atoms. The molecule has 0 aliphatic rings. The van der Waals surface area contributed by atoms with Crippen molar-refractivity contribution in [2.75, 3.05) is 27.7 Å². The second-order valence-electron chi connectivity index (χ2n) is 10.1. The number of carbonyl (C=O) groups excluding carboxylic acids is 2. The lowest BCUT2D eigenvalue weighted by Gasteiger charge is -2.29. The zero-order chi connectivity index (χ0) is 22.8. The quantitative estimate of drug-likeness (QED) is 0.158. The second kappa shape index (κ2) is 17.6. The lowest BCUT2D eigenvalue weighted by molar-refractivity contribution is -0.873. The van der Waals surface area contributed by atoms with E-state index in [9.17, 15) is 14.7 Å². The van der Waals surface area contributed by atoms with Crippen LogP contribution in [0.3, 0.4) is 0 Å². The highest BCUT2D eigenvalue weighted by Gasteiger charge is 2.22. The van der Waals surface area contributed by atoms with Gasteiger partial charge in [-0.05, 0) is 12.3 Å². The number of carboxylic acid groups (broad SMARTS) is 1. The summed E-state index contributed by atoms with van der Waals surface area (Å²) in [7, 11) is 5.85. The van der Waals surface area contributed by atoms with E-state index < -0.39 is 12.1 Å². The Labute approximate surface area is 186 Å². The molecule has 0 aromatic heterocycles. The molecule has 0 aromatic carbocycles. The number of carboxylic acids is 1. The van der Waals surface area contributed by atoms with Gasteiger partial charge in [-0.3, -0.25) is 4.79 Å². The maximum Gasteiger partial charge on any atom is 0.306 e. The maximum absolute atomic E-state index is 12.1. The molecule has 0 amide bonds. The molecule has 0 rings (SSSR count). The molecule has 5 nitrogen and oxygen atoms in total. The van der Waals surface area contributed by atoms with Crippen molar-refractivity contribution in [1.29, 1.82) is 0 Å². The average Bonchev–Trinajstić information content (AvgIpc) is 2.62. The topological polar surface area (TPSA) is 66.4 Å². The molecule has 0 heterocycles. The van der Waals surface area contributed by atoms with E-state index in [-0.39, 0.29) is 12.4 Å². The number of unbranched alkanes of at least 4 members (excludes halogenated alkanes) is 10. The standard InChI is InChI=1S/C25H49NO4/c1-6-7-8-9-10-11-12-13-14-15-16-17-22(2)18-19-25(29)30-23(20-24(27)28)21-26(3,4)5/h22-23H,6-21H2,1-5H3. The van der Waals surface area contributed by atoms with E-state index in [2.05, 4.69) is 13.8 Å². The Kier molecular flexibility index (Phi) is 16.9. The van der Waals surface area contributed by atoms with Gasteiger partial charge in [-0.2, -0.15) is 0 Å². The minimum atomic E-state index is -1.17. The molecule has 0 spiro atoms. The molecule has 0 radical (unpaired) electrons. The predicted molar refractivity (Wildman–Crippen MR) is 122 cm³/mol. The number of carbonyl (C=O) groups is 2. The van der Waals surface area contributed by atoms with Gasteiger partial charge in [0, 0.05) is 18.8 Å². The number of likely N-dealkylation sites (N-methyl/N-ethyl adjacent to an activating group) is 1. The number of aliphatic carboxylic acids is 1. The molecule has 2 unspecified atom stereocenters. The molecule has 0 saturated carbocycles. The molecule has 2 atom stereocenters. The maximum atomic E-state index is 12.1. The number of quaternary nitrogens is 1. The van der Waals surface area contributed by atoms with E-state index in [0.717, 1.165) is 12.8 Å². The summed E-state index contributed by atoms with van der Waals surface area (Å²) in [5, 5.41) is 10.9. The van der Waals surface area contributed by atoms with Crippen LogP contribution in [0.15, 0.2) is 0 Å². The van der Waals surface area contributed by atoms with Gasteiger partial charge in [0.1, 0.15) is 6.54 Å². The summed E-state index contributed by atoms with van der Waals surface area (Å²) in [4.78, 5) is 23.1. The zero-order valence-corrected chi connectivity index (χ0v) is 20.5. The van der Waals surface area contributed by atoms with Crippen LogP contribution in [0.25, 0.3) is 0 Å². The Morgan fingerprint density at radius 1 is 0.833 bits per heavy atom. The molecular formula is C25H49NO4. The molecule has 0 saturated heterocycles. The molecular weight excluding hydrogens is 378 g/mol. The fraction of sp³-hybridized carbons (Fsp3) is 0.920. The first kappa shape index (κ1) is 28.9. The van der Waals surface area contributed by atoms with E-state index in [4.69, 9.17) is 4.74 Å². The number of hydrogen-bond acceptors (Lipinski definition) is 4. The van der Waals surface area contributed by atoms with Crippen LogP contribution < -0.4 is 5.11 Å². The van der Waals surface area contributed by atoms with Gasteiger partial charge < -0.3 is 19.1 Å². The van der Waals surface area contributed by atoms with Crippen LogP contribution in [0, 0.1) is 5.92 Å². The molecule has 0 N–H and O–H groups in total. The third-order valence-electron chi connectivity index (χ3n) is 5.59. The van der Waals surface area contributed by atoms with Gasteiger partial charge in [-0.15, -0.1) is 0 Å². The van der Waals surface area contributed by atoms with Gasteiger partial charge in [-0.25, -0.2) is 0 Å². The van der Waals surface area contributed by atoms with Crippen molar-refractivity contribution in [3.05, 3.63) is 0 Å². The first-order valence-electron chi connectivity index (χ1n) is 12.3. The van der Waals surface area contributed by atoms with Gasteiger partial charge in [0.25, 0.3) is 0 Å². The van der Waals surface area contributed by atoms with Crippen LogP contribution in [0.1, 0.15) is 110 Å². The van der Waals surface area contributed by atoms with Crippen molar-refractivity contribution in [3.63, 3.8) is 0 Å². The molecule has 0 fully saturated rings. The monoisotopic (exact) mass is 427 g/mol. The summed E-state index contributed by atoms with van der Waals surface area (Å²) in [5.41, 5.74) is 0. The smallest absolute Gasteiger partial charge is 0.306 e. The van der Waals surface area contributed by atoms with E-state index in [1.165, 1.54) is 70.6 Å². The molecule has 0 bridgehead atoms. The van der Waals surface area contributed by atoms with Crippen LogP contribution in [-0.2, 0) is 14.3 Å². The van der Waals surface area contributed by atoms with Crippen molar-refractivity contribution in [1.82, 2.24) is 0 Å². The average molecular weight is 428 g/mol. The van der Waals surface area contributed by atoms with Gasteiger partial charge >= 0.3 is 5.97 Å². The third-order valence-corrected chi connectivity index (χ3v) is 5.59. The van der Waals surface area contributed by atoms with E-state index in [0.29, 0.717) is 23.4 Å². The summed E-state index contributed by atoms with van der Waals surface area (Å²) in [6, 6.07) is 0. The first-order chi connectivity index (χ1) is 14.1. The molecule has 0 aliphatic carbocycles. The summed E-state index contributed by atoms with van der Waals surface area (Å²) < 4.78 is 5.97. The number of hydrogen-bond donors (Lipinski definition) is 0. The van der Waals surface area contributed by atoms with Crippen molar-refractivity contribution < 1.29 is 23.9 Å². The highest BCUT2D eigenvalue weighted by Crippen LogP contribution is 2.18. The second-order valence-corrected chi connectivity index (χ2v) is 10.1. The number of rotatable bonds is 20. The molecule has 0 aliphatic heterocycles. The fourth-order valence-electron chi connectivity index (χ4n) is 3.85. The summed E-state index contributed by atoms with van der Waals surface area (Å²) in [6.07, 6.45) is 16.3. The normalized spacial score (nSPS) is 13.8. The summed E-state index contributed by atoms with van der Waals surface area (Å²) in [5.74, 6) is -0.972. The van der Waals surface area contributed by atoms with Crippen molar-refractivity contribution in [3.8, 4) is 0 Å². The van der Waals surface area contributed by atoms with Crippen LogP contribution in [0.2, 0.25) is 0 Å². The molecule has 0 aromatic rings. The zero-order valence-electron chi connectivity index (χ0n) is 20.5. The lowest BCUT2D eigenvalue weighted by atomic mass is 9.97. The van der Waals surface area contributed by atoms with Crippen LogP contribution in [0.4, 0.5) is 0 Å². The number of esters is 1. The fourth-order valence-corrected chi connectivity index (χ4v) is 3.85. The van der Waals surface area contributed by atoms with E-state index in [1.54, 1.807) is 0 Å².